The van der Waals surface area contributed by atoms with Gasteiger partial charge in [-0.1, -0.05) is 42.8 Å². The van der Waals surface area contributed by atoms with Crippen molar-refractivity contribution in [3.05, 3.63) is 94.0 Å². The molecule has 0 unspecified atom stereocenters. The number of fused-ring (bicyclic) bond motifs is 1. The molecule has 0 heterocycles. The normalized spacial score (nSPS) is 17.9. The van der Waals surface area contributed by atoms with E-state index in [4.69, 9.17) is 11.6 Å². The first-order chi connectivity index (χ1) is 15.8. The van der Waals surface area contributed by atoms with E-state index in [1.54, 1.807) is 60.7 Å². The number of amides is 1. The average Bonchev–Trinajstić information content (AvgIpc) is 2.81. The van der Waals surface area contributed by atoms with Crippen LogP contribution in [0.25, 0.3) is 0 Å². The minimum atomic E-state index is -3.86. The number of aliphatic hydroxyl groups is 1. The van der Waals surface area contributed by atoms with Crippen molar-refractivity contribution in [2.45, 2.75) is 43.2 Å². The van der Waals surface area contributed by atoms with Gasteiger partial charge in [0.25, 0.3) is 5.91 Å². The highest BCUT2D eigenvalue weighted by atomic mass is 35.5. The number of sulfonamides is 1. The van der Waals surface area contributed by atoms with Crippen LogP contribution in [0.3, 0.4) is 0 Å². The summed E-state index contributed by atoms with van der Waals surface area (Å²) in [4.78, 5) is 12.8. The van der Waals surface area contributed by atoms with Gasteiger partial charge in [0.1, 0.15) is 0 Å². The number of aliphatic hydroxyl groups excluding tert-OH is 1. The highest BCUT2D eigenvalue weighted by molar-refractivity contribution is 7.89. The molecule has 6 nitrogen and oxygen atoms in total. The van der Waals surface area contributed by atoms with Gasteiger partial charge in [-0.3, -0.25) is 4.79 Å². The first-order valence-corrected chi connectivity index (χ1v) is 12.6. The number of anilines is 1. The van der Waals surface area contributed by atoms with Gasteiger partial charge in [0, 0.05) is 16.3 Å². The summed E-state index contributed by atoms with van der Waals surface area (Å²) < 4.78 is 28.7. The van der Waals surface area contributed by atoms with Gasteiger partial charge in [-0.05, 0) is 78.4 Å². The van der Waals surface area contributed by atoms with Crippen molar-refractivity contribution in [2.75, 3.05) is 5.32 Å². The monoisotopic (exact) mass is 484 g/mol. The molecule has 0 aromatic heterocycles. The zero-order chi connectivity index (χ0) is 23.6. The van der Waals surface area contributed by atoms with E-state index in [9.17, 15) is 18.3 Å². The molecule has 0 bridgehead atoms. The maximum atomic E-state index is 13.0. The smallest absolute Gasteiger partial charge is 0.255 e. The molecular formula is C25H25ClN2O4S. The highest BCUT2D eigenvalue weighted by Crippen LogP contribution is 2.33. The second-order valence-electron chi connectivity index (χ2n) is 8.08. The molecule has 0 saturated carbocycles. The summed E-state index contributed by atoms with van der Waals surface area (Å²) in [5.41, 5.74) is 3.52. The van der Waals surface area contributed by atoms with E-state index in [0.29, 0.717) is 34.7 Å². The molecule has 0 fully saturated rings. The number of carbonyl (C=O) groups is 1. The fourth-order valence-corrected chi connectivity index (χ4v) is 5.42. The van der Waals surface area contributed by atoms with Crippen molar-refractivity contribution in [3.63, 3.8) is 0 Å². The van der Waals surface area contributed by atoms with Gasteiger partial charge in [-0.2, -0.15) is 0 Å². The second kappa shape index (κ2) is 9.65. The molecule has 1 amide bonds. The molecule has 3 N–H and O–H groups in total. The Balaban J connectivity index is 1.60. The van der Waals surface area contributed by atoms with Gasteiger partial charge < -0.3 is 10.4 Å². The average molecular weight is 485 g/mol. The third kappa shape index (κ3) is 5.28. The van der Waals surface area contributed by atoms with Crippen molar-refractivity contribution >= 4 is 33.2 Å². The predicted molar refractivity (Wildman–Crippen MR) is 129 cm³/mol. The molecule has 0 radical (unpaired) electrons. The highest BCUT2D eigenvalue weighted by Gasteiger charge is 2.32. The zero-order valence-corrected chi connectivity index (χ0v) is 19.7. The third-order valence-electron chi connectivity index (χ3n) is 5.84. The summed E-state index contributed by atoms with van der Waals surface area (Å²) in [6.07, 6.45) is 0.971. The van der Waals surface area contributed by atoms with Crippen LogP contribution in [0.4, 0.5) is 5.69 Å². The number of rotatable bonds is 6. The van der Waals surface area contributed by atoms with E-state index in [2.05, 4.69) is 10.0 Å². The molecular weight excluding hydrogens is 460 g/mol. The molecule has 0 spiro atoms. The third-order valence-corrected chi connectivity index (χ3v) is 7.54. The largest absolute Gasteiger partial charge is 0.391 e. The van der Waals surface area contributed by atoms with E-state index >= 15 is 0 Å². The Morgan fingerprint density at radius 1 is 1.09 bits per heavy atom. The molecule has 2 atom stereocenters. The lowest BCUT2D eigenvalue weighted by Gasteiger charge is -2.31. The van der Waals surface area contributed by atoms with E-state index in [-0.39, 0.29) is 10.8 Å². The molecule has 172 valence electrons. The van der Waals surface area contributed by atoms with Crippen LogP contribution in [-0.4, -0.2) is 25.5 Å². The van der Waals surface area contributed by atoms with Crippen LogP contribution in [-0.2, 0) is 22.9 Å². The fraction of sp³-hybridized carbons (Fsp3) is 0.240. The van der Waals surface area contributed by atoms with Crippen LogP contribution < -0.4 is 10.0 Å². The first kappa shape index (κ1) is 23.4. The minimum Gasteiger partial charge on any atom is -0.391 e. The number of aryl methyl sites for hydroxylation is 2. The summed E-state index contributed by atoms with van der Waals surface area (Å²) in [6, 6.07) is 17.8. The number of benzene rings is 3. The molecule has 3 aromatic carbocycles. The van der Waals surface area contributed by atoms with Crippen LogP contribution >= 0.6 is 11.6 Å². The van der Waals surface area contributed by atoms with Crippen molar-refractivity contribution in [2.24, 2.45) is 0 Å². The summed E-state index contributed by atoms with van der Waals surface area (Å²) in [6.45, 7) is 2.00. The van der Waals surface area contributed by atoms with Gasteiger partial charge in [0.15, 0.2) is 0 Å². The van der Waals surface area contributed by atoms with E-state index < -0.39 is 22.2 Å². The van der Waals surface area contributed by atoms with Crippen LogP contribution in [0, 0.1) is 0 Å². The van der Waals surface area contributed by atoms with Crippen molar-refractivity contribution in [1.29, 1.82) is 0 Å². The lowest BCUT2D eigenvalue weighted by atomic mass is 9.86. The lowest BCUT2D eigenvalue weighted by molar-refractivity contribution is 0.102. The van der Waals surface area contributed by atoms with Gasteiger partial charge in [-0.25, -0.2) is 13.1 Å². The van der Waals surface area contributed by atoms with Crippen LogP contribution in [0.1, 0.15) is 46.4 Å². The molecule has 3 aromatic rings. The van der Waals surface area contributed by atoms with Crippen molar-refractivity contribution in [3.8, 4) is 0 Å². The van der Waals surface area contributed by atoms with Crippen molar-refractivity contribution < 1.29 is 18.3 Å². The fourth-order valence-electron chi connectivity index (χ4n) is 3.98. The molecule has 8 heteroatoms. The minimum absolute atomic E-state index is 0.143. The number of nitrogens with one attached hydrogen (secondary N) is 2. The quantitative estimate of drug-likeness (QED) is 0.480. The van der Waals surface area contributed by atoms with E-state index in [0.717, 1.165) is 17.5 Å². The van der Waals surface area contributed by atoms with Crippen LogP contribution in [0.5, 0.6) is 0 Å². The topological polar surface area (TPSA) is 95.5 Å². The van der Waals surface area contributed by atoms with Gasteiger partial charge in [0.2, 0.25) is 10.0 Å². The zero-order valence-electron chi connectivity index (χ0n) is 18.1. The Bertz CT molecular complexity index is 1280. The van der Waals surface area contributed by atoms with E-state index in [1.165, 1.54) is 0 Å². The maximum absolute atomic E-state index is 13.0. The summed E-state index contributed by atoms with van der Waals surface area (Å²) in [5, 5.41) is 13.9. The van der Waals surface area contributed by atoms with E-state index in [1.807, 2.05) is 13.0 Å². The number of carbonyl (C=O) groups excluding carboxylic acids is 1. The van der Waals surface area contributed by atoms with Crippen molar-refractivity contribution in [1.82, 2.24) is 4.72 Å². The number of hydrogen-bond acceptors (Lipinski definition) is 4. The van der Waals surface area contributed by atoms with Gasteiger partial charge in [-0.15, -0.1) is 0 Å². The first-order valence-electron chi connectivity index (χ1n) is 10.8. The molecule has 1 aliphatic carbocycles. The summed E-state index contributed by atoms with van der Waals surface area (Å²) in [7, 11) is -3.86. The second-order valence-corrected chi connectivity index (χ2v) is 10.2. The summed E-state index contributed by atoms with van der Waals surface area (Å²) >= 11 is 5.98. The summed E-state index contributed by atoms with van der Waals surface area (Å²) in [5.74, 6) is -0.332. The van der Waals surface area contributed by atoms with Crippen LogP contribution in [0.15, 0.2) is 71.6 Å². The maximum Gasteiger partial charge on any atom is 0.255 e. The lowest BCUT2D eigenvalue weighted by Crippen LogP contribution is -2.39. The predicted octanol–water partition coefficient (Wildman–Crippen LogP) is 4.48. The van der Waals surface area contributed by atoms with Gasteiger partial charge in [0.05, 0.1) is 17.0 Å². The molecule has 0 saturated heterocycles. The molecule has 0 aliphatic heterocycles. The number of halogens is 1. The number of hydrogen-bond donors (Lipinski definition) is 3. The Kier molecular flexibility index (Phi) is 6.86. The molecule has 33 heavy (non-hydrogen) atoms. The SMILES string of the molecule is CCc1ccc(S(=O)(=O)N[C@@H]2c3cc(NC(=O)c4cccc(Cl)c4)ccc3CC[C@H]2O)cc1. The Labute approximate surface area is 198 Å². The Hall–Kier alpha value is -2.71. The van der Waals surface area contributed by atoms with Crippen LogP contribution in [0.2, 0.25) is 5.02 Å². The molecule has 4 rings (SSSR count). The Morgan fingerprint density at radius 3 is 2.55 bits per heavy atom. The Morgan fingerprint density at radius 2 is 1.85 bits per heavy atom. The standard InChI is InChI=1S/C25H25ClN2O4S/c1-2-16-6-11-21(12-7-16)33(31,32)28-24-22-15-20(10-8-17(22)9-13-23(24)29)27-25(30)18-4-3-5-19(26)14-18/h3-8,10-12,14-15,23-24,28-29H,2,9,13H2,1H3,(H,27,30)/t23-,24-/m1/s1. The molecule has 1 aliphatic rings. The van der Waals surface area contributed by atoms with Gasteiger partial charge >= 0.3 is 0 Å².